The smallest absolute Gasteiger partial charge is 0.337 e. The van der Waals surface area contributed by atoms with Crippen LogP contribution in [-0.2, 0) is 7.05 Å². The van der Waals surface area contributed by atoms with Gasteiger partial charge in [0.05, 0.1) is 11.3 Å². The van der Waals surface area contributed by atoms with E-state index in [1.54, 1.807) is 42.1 Å². The highest BCUT2D eigenvalue weighted by molar-refractivity contribution is 9.10. The summed E-state index contributed by atoms with van der Waals surface area (Å²) in [6.45, 7) is 0. The molecule has 1 heterocycles. The van der Waals surface area contributed by atoms with Crippen LogP contribution < -0.4 is 5.32 Å². The van der Waals surface area contributed by atoms with Gasteiger partial charge in [-0.25, -0.2) is 4.79 Å². The maximum atomic E-state index is 12.1. The highest BCUT2D eigenvalue weighted by Crippen LogP contribution is 2.18. The molecular weight excluding hydrogens is 312 g/mol. The summed E-state index contributed by atoms with van der Waals surface area (Å²) in [5.41, 5.74) is 0.772. The SMILES string of the molecule is Cn1cc(Br)cc1C(=O)Nc1ccccc1C(=O)O. The van der Waals surface area contributed by atoms with Crippen LogP contribution in [0.4, 0.5) is 5.69 Å². The maximum Gasteiger partial charge on any atom is 0.337 e. The zero-order chi connectivity index (χ0) is 14.0. The fraction of sp³-hybridized carbons (Fsp3) is 0.0769. The number of aromatic nitrogens is 1. The van der Waals surface area contributed by atoms with Crippen molar-refractivity contribution in [3.8, 4) is 0 Å². The van der Waals surface area contributed by atoms with Gasteiger partial charge in [-0.15, -0.1) is 0 Å². The molecule has 6 heteroatoms. The molecule has 0 atom stereocenters. The van der Waals surface area contributed by atoms with Crippen molar-refractivity contribution in [3.63, 3.8) is 0 Å². The lowest BCUT2D eigenvalue weighted by atomic mass is 10.2. The van der Waals surface area contributed by atoms with Crippen molar-refractivity contribution in [3.05, 3.63) is 52.3 Å². The van der Waals surface area contributed by atoms with E-state index >= 15 is 0 Å². The van der Waals surface area contributed by atoms with Gasteiger partial charge in [0, 0.05) is 17.7 Å². The normalized spacial score (nSPS) is 10.2. The summed E-state index contributed by atoms with van der Waals surface area (Å²) in [6, 6.07) is 7.94. The second-order valence-electron chi connectivity index (χ2n) is 3.96. The van der Waals surface area contributed by atoms with Crippen molar-refractivity contribution in [1.29, 1.82) is 0 Å². The number of carboxylic acid groups (broad SMARTS) is 1. The first-order chi connectivity index (χ1) is 8.99. The molecule has 5 nitrogen and oxygen atoms in total. The van der Waals surface area contributed by atoms with E-state index in [9.17, 15) is 9.59 Å². The van der Waals surface area contributed by atoms with Gasteiger partial charge in [-0.05, 0) is 34.1 Å². The van der Waals surface area contributed by atoms with E-state index in [-0.39, 0.29) is 17.2 Å². The highest BCUT2D eigenvalue weighted by Gasteiger charge is 2.15. The molecular formula is C13H11BrN2O3. The Bertz CT molecular complexity index is 649. The summed E-state index contributed by atoms with van der Waals surface area (Å²) in [7, 11) is 1.74. The zero-order valence-electron chi connectivity index (χ0n) is 10.1. The summed E-state index contributed by atoms with van der Waals surface area (Å²) in [6.07, 6.45) is 1.75. The molecule has 0 unspecified atom stereocenters. The van der Waals surface area contributed by atoms with Crippen molar-refractivity contribution in [2.75, 3.05) is 5.32 Å². The molecule has 0 aliphatic rings. The van der Waals surface area contributed by atoms with Crippen molar-refractivity contribution in [2.45, 2.75) is 0 Å². The molecule has 2 N–H and O–H groups in total. The van der Waals surface area contributed by atoms with Gasteiger partial charge in [0.2, 0.25) is 0 Å². The lowest BCUT2D eigenvalue weighted by Gasteiger charge is -2.08. The number of amides is 1. The van der Waals surface area contributed by atoms with E-state index in [0.29, 0.717) is 5.69 Å². The largest absolute Gasteiger partial charge is 0.478 e. The predicted octanol–water partition coefficient (Wildman–Crippen LogP) is 2.74. The van der Waals surface area contributed by atoms with E-state index in [4.69, 9.17) is 5.11 Å². The number of rotatable bonds is 3. The highest BCUT2D eigenvalue weighted by atomic mass is 79.9. The number of hydrogen-bond acceptors (Lipinski definition) is 2. The number of aryl methyl sites for hydroxylation is 1. The van der Waals surface area contributed by atoms with Crippen LogP contribution in [0.25, 0.3) is 0 Å². The van der Waals surface area contributed by atoms with Crippen molar-refractivity contribution in [1.82, 2.24) is 4.57 Å². The lowest BCUT2D eigenvalue weighted by molar-refractivity contribution is 0.0698. The molecule has 0 aliphatic carbocycles. The van der Waals surface area contributed by atoms with Crippen molar-refractivity contribution >= 4 is 33.5 Å². The number of nitrogens with zero attached hydrogens (tertiary/aromatic N) is 1. The molecule has 0 spiro atoms. The molecule has 0 saturated heterocycles. The molecule has 2 rings (SSSR count). The molecule has 1 amide bonds. The van der Waals surface area contributed by atoms with Gasteiger partial charge in [-0.1, -0.05) is 12.1 Å². The van der Waals surface area contributed by atoms with Gasteiger partial charge in [0.15, 0.2) is 0 Å². The van der Waals surface area contributed by atoms with E-state index < -0.39 is 5.97 Å². The molecule has 0 fully saturated rings. The van der Waals surface area contributed by atoms with Crippen LogP contribution in [0.2, 0.25) is 0 Å². The summed E-state index contributed by atoms with van der Waals surface area (Å²) in [5, 5.41) is 11.6. The number of halogens is 1. The average Bonchev–Trinajstić information content (AvgIpc) is 2.69. The number of carbonyl (C=O) groups is 2. The number of aromatic carboxylic acids is 1. The number of anilines is 1. The first-order valence-electron chi connectivity index (χ1n) is 5.44. The summed E-state index contributed by atoms with van der Waals surface area (Å²) in [5.74, 6) is -1.44. The Morgan fingerprint density at radius 3 is 2.58 bits per heavy atom. The van der Waals surface area contributed by atoms with Crippen LogP contribution in [0.3, 0.4) is 0 Å². The Balaban J connectivity index is 2.29. The molecule has 19 heavy (non-hydrogen) atoms. The van der Waals surface area contributed by atoms with Crippen LogP contribution in [0.15, 0.2) is 41.0 Å². The van der Waals surface area contributed by atoms with E-state index in [0.717, 1.165) is 4.47 Å². The third-order valence-corrected chi connectivity index (χ3v) is 3.04. The third kappa shape index (κ3) is 2.85. The first-order valence-corrected chi connectivity index (χ1v) is 6.24. The number of carboxylic acids is 1. The van der Waals surface area contributed by atoms with Crippen molar-refractivity contribution in [2.24, 2.45) is 7.05 Å². The van der Waals surface area contributed by atoms with E-state index in [2.05, 4.69) is 21.2 Å². The minimum absolute atomic E-state index is 0.0594. The van der Waals surface area contributed by atoms with Crippen molar-refractivity contribution < 1.29 is 14.7 Å². The van der Waals surface area contributed by atoms with Gasteiger partial charge in [-0.3, -0.25) is 4.79 Å². The second kappa shape index (κ2) is 5.27. The van der Waals surface area contributed by atoms with Crippen LogP contribution in [0, 0.1) is 0 Å². The van der Waals surface area contributed by atoms with E-state index in [1.807, 2.05) is 0 Å². The first kappa shape index (κ1) is 13.4. The molecule has 0 bridgehead atoms. The standard InChI is InChI=1S/C13H11BrN2O3/c1-16-7-8(14)6-11(16)12(17)15-10-5-3-2-4-9(10)13(18)19/h2-7H,1H3,(H,15,17)(H,18,19). The number of benzene rings is 1. The molecule has 0 radical (unpaired) electrons. The Morgan fingerprint density at radius 2 is 2.00 bits per heavy atom. The third-order valence-electron chi connectivity index (χ3n) is 2.61. The van der Waals surface area contributed by atoms with Crippen LogP contribution in [0.1, 0.15) is 20.8 Å². The molecule has 2 aromatic rings. The van der Waals surface area contributed by atoms with Gasteiger partial charge in [-0.2, -0.15) is 0 Å². The summed E-state index contributed by atoms with van der Waals surface area (Å²) < 4.78 is 2.44. The topological polar surface area (TPSA) is 71.3 Å². The van der Waals surface area contributed by atoms with Gasteiger partial charge in [0.25, 0.3) is 5.91 Å². The van der Waals surface area contributed by atoms with Gasteiger partial charge >= 0.3 is 5.97 Å². The Labute approximate surface area is 118 Å². The lowest BCUT2D eigenvalue weighted by Crippen LogP contribution is -2.17. The molecule has 98 valence electrons. The summed E-state index contributed by atoms with van der Waals surface area (Å²) >= 11 is 3.28. The van der Waals surface area contributed by atoms with Crippen LogP contribution >= 0.6 is 15.9 Å². The quantitative estimate of drug-likeness (QED) is 0.912. The van der Waals surface area contributed by atoms with Crippen LogP contribution in [-0.4, -0.2) is 21.6 Å². The Kier molecular flexibility index (Phi) is 3.71. The van der Waals surface area contributed by atoms with Crippen LogP contribution in [0.5, 0.6) is 0 Å². The second-order valence-corrected chi connectivity index (χ2v) is 4.88. The molecule has 1 aromatic carbocycles. The summed E-state index contributed by atoms with van der Waals surface area (Å²) in [4.78, 5) is 23.1. The molecule has 1 aromatic heterocycles. The fourth-order valence-corrected chi connectivity index (χ4v) is 2.24. The Morgan fingerprint density at radius 1 is 1.32 bits per heavy atom. The predicted molar refractivity (Wildman–Crippen MR) is 74.5 cm³/mol. The number of hydrogen-bond donors (Lipinski definition) is 2. The Hall–Kier alpha value is -2.08. The van der Waals surface area contributed by atoms with E-state index in [1.165, 1.54) is 6.07 Å². The average molecular weight is 323 g/mol. The maximum absolute atomic E-state index is 12.1. The fourth-order valence-electron chi connectivity index (χ4n) is 1.71. The number of nitrogens with one attached hydrogen (secondary N) is 1. The monoisotopic (exact) mass is 322 g/mol. The molecule has 0 saturated carbocycles. The minimum atomic E-state index is -1.08. The minimum Gasteiger partial charge on any atom is -0.478 e. The van der Waals surface area contributed by atoms with Gasteiger partial charge in [0.1, 0.15) is 5.69 Å². The molecule has 0 aliphatic heterocycles. The zero-order valence-corrected chi connectivity index (χ0v) is 11.6. The number of carbonyl (C=O) groups excluding carboxylic acids is 1. The number of para-hydroxylation sites is 1. The van der Waals surface area contributed by atoms with Gasteiger partial charge < -0.3 is 15.0 Å².